The topological polar surface area (TPSA) is 130 Å². The molecule has 0 aliphatic rings. The zero-order valence-corrected chi connectivity index (χ0v) is 11.2. The highest BCUT2D eigenvalue weighted by Gasteiger charge is 2.22. The van der Waals surface area contributed by atoms with Gasteiger partial charge in [-0.1, -0.05) is 0 Å². The average molecular weight is 300 g/mol. The first kappa shape index (κ1) is 15.9. The molecule has 0 saturated heterocycles. The molecule has 0 bridgehead atoms. The van der Waals surface area contributed by atoms with Crippen molar-refractivity contribution < 1.29 is 24.7 Å². The number of benzene rings is 1. The van der Waals surface area contributed by atoms with Crippen LogP contribution in [-0.2, 0) is 4.79 Å². The molecule has 0 radical (unpaired) electrons. The lowest BCUT2D eigenvalue weighted by Crippen LogP contribution is -2.43. The molecule has 1 atom stereocenters. The second kappa shape index (κ2) is 6.87. The van der Waals surface area contributed by atoms with Crippen LogP contribution in [0, 0.1) is 10.1 Å². The lowest BCUT2D eigenvalue weighted by atomic mass is 10.1. The normalized spacial score (nSPS) is 11.7. The van der Waals surface area contributed by atoms with Gasteiger partial charge in [-0.15, -0.1) is 11.8 Å². The van der Waals surface area contributed by atoms with E-state index in [4.69, 9.17) is 10.2 Å². The summed E-state index contributed by atoms with van der Waals surface area (Å²) in [5.74, 6) is -2.20. The Labute approximate surface area is 117 Å². The van der Waals surface area contributed by atoms with E-state index in [9.17, 15) is 19.7 Å². The van der Waals surface area contributed by atoms with Gasteiger partial charge in [0, 0.05) is 11.6 Å². The van der Waals surface area contributed by atoms with Crippen molar-refractivity contribution in [2.24, 2.45) is 0 Å². The van der Waals surface area contributed by atoms with Gasteiger partial charge in [-0.3, -0.25) is 14.9 Å². The predicted octanol–water partition coefficient (Wildman–Crippen LogP) is 0.492. The molecule has 0 aliphatic heterocycles. The Hall–Kier alpha value is -2.13. The standard InChI is InChI=1S/C11H12N2O6S/c1-20-9-3-2-6(4-8(9)13(18)19)10(15)12-7(5-14)11(16)17/h2-4,7,14H,5H2,1H3,(H,12,15)(H,16,17)/t7-/m0/s1. The maximum absolute atomic E-state index is 11.8. The minimum absolute atomic E-state index is 0.0470. The summed E-state index contributed by atoms with van der Waals surface area (Å²) < 4.78 is 0. The molecule has 0 aliphatic carbocycles. The van der Waals surface area contributed by atoms with Crippen molar-refractivity contribution in [3.63, 3.8) is 0 Å². The minimum atomic E-state index is -1.46. The minimum Gasteiger partial charge on any atom is -0.480 e. The summed E-state index contributed by atoms with van der Waals surface area (Å²) in [4.78, 5) is 33.1. The van der Waals surface area contributed by atoms with E-state index in [-0.39, 0.29) is 11.3 Å². The number of carbonyl (C=O) groups excluding carboxylic acids is 1. The average Bonchev–Trinajstić information content (AvgIpc) is 2.43. The monoisotopic (exact) mass is 300 g/mol. The van der Waals surface area contributed by atoms with Crippen LogP contribution < -0.4 is 5.32 Å². The SMILES string of the molecule is CSc1ccc(C(=O)N[C@@H](CO)C(=O)O)cc1[N+](=O)[O-]. The van der Waals surface area contributed by atoms with E-state index in [0.29, 0.717) is 4.90 Å². The molecule has 1 amide bonds. The summed E-state index contributed by atoms with van der Waals surface area (Å²) in [6.45, 7) is -0.772. The molecule has 0 unspecified atom stereocenters. The van der Waals surface area contributed by atoms with Crippen molar-refractivity contribution in [3.05, 3.63) is 33.9 Å². The first-order valence-electron chi connectivity index (χ1n) is 5.37. The van der Waals surface area contributed by atoms with Crippen molar-refractivity contribution in [2.75, 3.05) is 12.9 Å². The number of carboxylic acid groups (broad SMARTS) is 1. The van der Waals surface area contributed by atoms with E-state index in [0.717, 1.165) is 17.8 Å². The van der Waals surface area contributed by atoms with E-state index >= 15 is 0 Å². The molecule has 108 valence electrons. The van der Waals surface area contributed by atoms with Crippen LogP contribution in [0.2, 0.25) is 0 Å². The number of thioether (sulfide) groups is 1. The molecule has 1 aromatic rings. The zero-order valence-electron chi connectivity index (χ0n) is 10.4. The molecule has 0 spiro atoms. The first-order valence-corrected chi connectivity index (χ1v) is 6.60. The van der Waals surface area contributed by atoms with E-state index in [1.54, 1.807) is 6.26 Å². The number of carbonyl (C=O) groups is 2. The summed E-state index contributed by atoms with van der Waals surface area (Å²) in [5.41, 5.74) is -0.282. The molecule has 0 heterocycles. The number of aliphatic hydroxyl groups is 1. The lowest BCUT2D eigenvalue weighted by molar-refractivity contribution is -0.387. The van der Waals surface area contributed by atoms with E-state index in [2.05, 4.69) is 5.32 Å². The second-order valence-electron chi connectivity index (χ2n) is 3.69. The maximum atomic E-state index is 11.8. The van der Waals surface area contributed by atoms with Crippen LogP contribution in [0.1, 0.15) is 10.4 Å². The van der Waals surface area contributed by atoms with Gasteiger partial charge in [0.25, 0.3) is 11.6 Å². The number of nitrogens with zero attached hydrogens (tertiary/aromatic N) is 1. The van der Waals surface area contributed by atoms with Gasteiger partial charge >= 0.3 is 5.97 Å². The van der Waals surface area contributed by atoms with Crippen LogP contribution in [0.3, 0.4) is 0 Å². The van der Waals surface area contributed by atoms with Crippen molar-refractivity contribution in [2.45, 2.75) is 10.9 Å². The van der Waals surface area contributed by atoms with Crippen LogP contribution in [0.5, 0.6) is 0 Å². The van der Waals surface area contributed by atoms with Gasteiger partial charge in [0.15, 0.2) is 6.04 Å². The lowest BCUT2D eigenvalue weighted by Gasteiger charge is -2.11. The largest absolute Gasteiger partial charge is 0.480 e. The fourth-order valence-corrected chi connectivity index (χ4v) is 1.95. The Morgan fingerprint density at radius 1 is 1.50 bits per heavy atom. The summed E-state index contributed by atoms with van der Waals surface area (Å²) >= 11 is 1.16. The molecule has 20 heavy (non-hydrogen) atoms. The van der Waals surface area contributed by atoms with Crippen molar-refractivity contribution in [1.29, 1.82) is 0 Å². The van der Waals surface area contributed by atoms with Crippen LogP contribution in [-0.4, -0.2) is 45.9 Å². The molecule has 8 nitrogen and oxygen atoms in total. The molecule has 1 rings (SSSR count). The molecule has 1 aromatic carbocycles. The van der Waals surface area contributed by atoms with Crippen LogP contribution in [0.4, 0.5) is 5.69 Å². The van der Waals surface area contributed by atoms with Gasteiger partial charge in [-0.2, -0.15) is 0 Å². The van der Waals surface area contributed by atoms with Crippen LogP contribution >= 0.6 is 11.8 Å². The van der Waals surface area contributed by atoms with Gasteiger partial charge in [-0.05, 0) is 18.4 Å². The Morgan fingerprint density at radius 3 is 2.60 bits per heavy atom. The van der Waals surface area contributed by atoms with Crippen molar-refractivity contribution in [1.82, 2.24) is 5.32 Å². The second-order valence-corrected chi connectivity index (χ2v) is 4.54. The summed E-state index contributed by atoms with van der Waals surface area (Å²) in [7, 11) is 0. The van der Waals surface area contributed by atoms with Crippen LogP contribution in [0.15, 0.2) is 23.1 Å². The van der Waals surface area contributed by atoms with E-state index < -0.39 is 29.4 Å². The third-order valence-electron chi connectivity index (χ3n) is 2.42. The van der Waals surface area contributed by atoms with Crippen molar-refractivity contribution in [3.8, 4) is 0 Å². The summed E-state index contributed by atoms with van der Waals surface area (Å²) in [6, 6.07) is 2.37. The quantitative estimate of drug-likeness (QED) is 0.396. The van der Waals surface area contributed by atoms with Gasteiger partial charge in [0.05, 0.1) is 16.4 Å². The number of nitro groups is 1. The van der Waals surface area contributed by atoms with Gasteiger partial charge in [0.2, 0.25) is 0 Å². The Bertz CT molecular complexity index is 548. The molecular formula is C11H12N2O6S. The number of carboxylic acids is 1. The summed E-state index contributed by atoms with van der Waals surface area (Å²) in [6.07, 6.45) is 1.66. The number of hydrogen-bond acceptors (Lipinski definition) is 6. The van der Waals surface area contributed by atoms with Gasteiger partial charge < -0.3 is 15.5 Å². The molecule has 0 fully saturated rings. The maximum Gasteiger partial charge on any atom is 0.328 e. The first-order chi connectivity index (χ1) is 9.40. The summed E-state index contributed by atoms with van der Waals surface area (Å²) in [5, 5.41) is 30.5. The fourth-order valence-electron chi connectivity index (χ4n) is 1.40. The Morgan fingerprint density at radius 2 is 2.15 bits per heavy atom. The van der Waals surface area contributed by atoms with Crippen molar-refractivity contribution >= 4 is 29.3 Å². The molecule has 3 N–H and O–H groups in total. The predicted molar refractivity (Wildman–Crippen MR) is 70.9 cm³/mol. The van der Waals surface area contributed by atoms with Crippen LogP contribution in [0.25, 0.3) is 0 Å². The number of nitrogens with one attached hydrogen (secondary N) is 1. The smallest absolute Gasteiger partial charge is 0.328 e. The number of nitro benzene ring substituents is 1. The number of aliphatic carboxylic acids is 1. The number of rotatable bonds is 6. The highest BCUT2D eigenvalue weighted by atomic mass is 32.2. The number of hydrogen-bond donors (Lipinski definition) is 3. The van der Waals surface area contributed by atoms with Gasteiger partial charge in [0.1, 0.15) is 0 Å². The highest BCUT2D eigenvalue weighted by molar-refractivity contribution is 7.98. The van der Waals surface area contributed by atoms with Gasteiger partial charge in [-0.25, -0.2) is 4.79 Å². The molecule has 0 aromatic heterocycles. The molecular weight excluding hydrogens is 288 g/mol. The number of amides is 1. The Balaban J connectivity index is 3.02. The highest BCUT2D eigenvalue weighted by Crippen LogP contribution is 2.28. The third-order valence-corrected chi connectivity index (χ3v) is 3.21. The molecule has 9 heteroatoms. The zero-order chi connectivity index (χ0) is 15.3. The fraction of sp³-hybridized carbons (Fsp3) is 0.273. The van der Waals surface area contributed by atoms with E-state index in [1.807, 2.05) is 0 Å². The third kappa shape index (κ3) is 3.68. The molecule has 0 saturated carbocycles. The van der Waals surface area contributed by atoms with E-state index in [1.165, 1.54) is 12.1 Å². The number of aliphatic hydroxyl groups excluding tert-OH is 1. The Kier molecular flexibility index (Phi) is 5.47.